The molecule has 2 aromatic carbocycles. The van der Waals surface area contributed by atoms with Crippen LogP contribution in [-0.4, -0.2) is 35.1 Å². The van der Waals surface area contributed by atoms with Crippen molar-refractivity contribution in [3.63, 3.8) is 0 Å². The van der Waals surface area contributed by atoms with Crippen LogP contribution < -0.4 is 19.9 Å². The fourth-order valence-electron chi connectivity index (χ4n) is 2.27. The zero-order valence-electron chi connectivity index (χ0n) is 15.8. The fraction of sp³-hybridized carbons (Fsp3) is 0.158. The highest BCUT2D eigenvalue weighted by molar-refractivity contribution is 7.80. The van der Waals surface area contributed by atoms with Crippen LogP contribution in [0.3, 0.4) is 0 Å². The smallest absolute Gasteiger partial charge is 0.347 e. The molecule has 31 heavy (non-hydrogen) atoms. The second kappa shape index (κ2) is 11.2. The van der Waals surface area contributed by atoms with Crippen molar-refractivity contribution in [3.05, 3.63) is 63.7 Å². The third-order valence-electron chi connectivity index (χ3n) is 3.65. The van der Waals surface area contributed by atoms with Gasteiger partial charge in [-0.3, -0.25) is 9.59 Å². The first-order valence-electron chi connectivity index (χ1n) is 8.64. The Hall–Kier alpha value is -4.06. The molecule has 0 atom stereocenters. The monoisotopic (exact) mass is 448 g/mol. The van der Waals surface area contributed by atoms with Gasteiger partial charge in [0.15, 0.2) is 0 Å². The van der Waals surface area contributed by atoms with Crippen molar-refractivity contribution < 1.29 is 38.5 Å². The topological polar surface area (TPSA) is 157 Å². The van der Waals surface area contributed by atoms with Crippen LogP contribution >= 0.6 is 12.2 Å². The zero-order chi connectivity index (χ0) is 22.8. The first kappa shape index (κ1) is 23.2. The lowest BCUT2D eigenvalue weighted by molar-refractivity contribution is -0.757. The van der Waals surface area contributed by atoms with Gasteiger partial charge in [-0.1, -0.05) is 12.2 Å². The summed E-state index contributed by atoms with van der Waals surface area (Å²) >= 11 is 4.85. The van der Waals surface area contributed by atoms with Gasteiger partial charge in [0, 0.05) is 12.0 Å². The summed E-state index contributed by atoms with van der Waals surface area (Å²) in [5, 5.41) is 9.13. The van der Waals surface area contributed by atoms with E-state index in [-0.39, 0.29) is 53.7 Å². The van der Waals surface area contributed by atoms with Gasteiger partial charge in [0.2, 0.25) is 0 Å². The molecule has 0 spiro atoms. The number of benzene rings is 2. The lowest BCUT2D eigenvalue weighted by Crippen LogP contribution is -2.15. The van der Waals surface area contributed by atoms with Crippen LogP contribution in [0, 0.1) is 10.1 Å². The summed E-state index contributed by atoms with van der Waals surface area (Å²) in [7, 11) is 0. The number of thiocarbonyl (C=S) groups is 1. The Balaban J connectivity index is 2.14. The van der Waals surface area contributed by atoms with Crippen LogP contribution in [0.1, 0.15) is 28.8 Å². The predicted molar refractivity (Wildman–Crippen MR) is 108 cm³/mol. The minimum atomic E-state index is -0.973. The summed E-state index contributed by atoms with van der Waals surface area (Å²) in [5.74, 6) is -1.61. The van der Waals surface area contributed by atoms with Crippen LogP contribution in [0.2, 0.25) is 0 Å². The second-order valence-electron chi connectivity index (χ2n) is 5.78. The molecule has 162 valence electrons. The van der Waals surface area contributed by atoms with Crippen molar-refractivity contribution in [2.45, 2.75) is 12.8 Å². The zero-order valence-corrected chi connectivity index (χ0v) is 16.7. The van der Waals surface area contributed by atoms with Gasteiger partial charge in [-0.25, -0.2) is 4.79 Å². The van der Waals surface area contributed by atoms with Gasteiger partial charge in [-0.15, -0.1) is 10.1 Å². The Labute approximate surface area is 180 Å². The Bertz CT molecular complexity index is 992. The number of hydrogen-bond donors (Lipinski definition) is 1. The summed E-state index contributed by atoms with van der Waals surface area (Å²) in [4.78, 5) is 49.6. The maximum Gasteiger partial charge on any atom is 0.347 e. The molecule has 0 radical (unpaired) electrons. The Kier molecular flexibility index (Phi) is 8.40. The van der Waals surface area contributed by atoms with Crippen LogP contribution in [0.25, 0.3) is 0 Å². The molecule has 0 aromatic heterocycles. The molecule has 0 aliphatic rings. The van der Waals surface area contributed by atoms with E-state index in [1.54, 1.807) is 12.1 Å². The van der Waals surface area contributed by atoms with E-state index in [9.17, 15) is 24.5 Å². The molecule has 2 rings (SSSR count). The van der Waals surface area contributed by atoms with Gasteiger partial charge < -0.3 is 24.8 Å². The highest BCUT2D eigenvalue weighted by atomic mass is 32.1. The summed E-state index contributed by atoms with van der Waals surface area (Å²) < 4.78 is 15.1. The molecular formula is C19H16N2O9S. The van der Waals surface area contributed by atoms with E-state index < -0.39 is 17.0 Å². The van der Waals surface area contributed by atoms with E-state index in [1.165, 1.54) is 30.3 Å². The molecule has 0 saturated carbocycles. The third-order valence-corrected chi connectivity index (χ3v) is 3.89. The van der Waals surface area contributed by atoms with Gasteiger partial charge in [0.05, 0.1) is 6.61 Å². The Morgan fingerprint density at radius 2 is 1.77 bits per heavy atom. The van der Waals surface area contributed by atoms with Crippen molar-refractivity contribution in [1.29, 1.82) is 0 Å². The van der Waals surface area contributed by atoms with E-state index >= 15 is 0 Å². The van der Waals surface area contributed by atoms with Crippen molar-refractivity contribution in [2.24, 2.45) is 5.73 Å². The van der Waals surface area contributed by atoms with Gasteiger partial charge in [0.25, 0.3) is 11.6 Å². The van der Waals surface area contributed by atoms with E-state index in [0.717, 1.165) is 0 Å². The molecule has 0 unspecified atom stereocenters. The average Bonchev–Trinajstić information content (AvgIpc) is 2.72. The molecule has 0 heterocycles. The molecule has 2 aromatic rings. The summed E-state index contributed by atoms with van der Waals surface area (Å²) in [5.41, 5.74) is 5.91. The molecule has 12 heteroatoms. The van der Waals surface area contributed by atoms with Gasteiger partial charge in [-0.05, 0) is 48.9 Å². The normalized spacial score (nSPS) is 9.94. The maximum atomic E-state index is 12.6. The van der Waals surface area contributed by atoms with E-state index in [0.29, 0.717) is 5.56 Å². The minimum absolute atomic E-state index is 0.0185. The second-order valence-corrected chi connectivity index (χ2v) is 6.22. The number of carbonyl (C=O) groups is 3. The molecule has 0 aliphatic heterocycles. The average molecular weight is 448 g/mol. The molecule has 2 N–H and O–H groups in total. The van der Waals surface area contributed by atoms with Crippen LogP contribution in [0.4, 0.5) is 0 Å². The van der Waals surface area contributed by atoms with Crippen molar-refractivity contribution in [1.82, 2.24) is 0 Å². The van der Waals surface area contributed by atoms with Gasteiger partial charge in [-0.2, -0.15) is 0 Å². The summed E-state index contributed by atoms with van der Waals surface area (Å²) in [6.45, 7) is -0.120. The molecule has 0 amide bonds. The highest BCUT2D eigenvalue weighted by Gasteiger charge is 2.19. The fourth-order valence-corrected chi connectivity index (χ4v) is 2.40. The number of hydrogen-bond acceptors (Lipinski definition) is 10. The van der Waals surface area contributed by atoms with Crippen LogP contribution in [0.15, 0.2) is 42.5 Å². The van der Waals surface area contributed by atoms with Crippen molar-refractivity contribution in [3.8, 4) is 17.2 Å². The quantitative estimate of drug-likeness (QED) is 0.102. The number of nitrogens with two attached hydrogens (primary N) is 1. The first-order chi connectivity index (χ1) is 14.8. The van der Waals surface area contributed by atoms with E-state index in [4.69, 9.17) is 32.2 Å². The van der Waals surface area contributed by atoms with Gasteiger partial charge in [0.1, 0.15) is 27.8 Å². The molecule has 0 aliphatic carbocycles. The molecule has 11 nitrogen and oxygen atoms in total. The minimum Gasteiger partial charge on any atom is -0.429 e. The lowest BCUT2D eigenvalue weighted by atomic mass is 10.2. The van der Waals surface area contributed by atoms with Crippen LogP contribution in [-0.2, 0) is 14.4 Å². The summed E-state index contributed by atoms with van der Waals surface area (Å²) in [6.07, 6.45) is -0.170. The SMILES string of the molecule is NC(=S)c1ccc(OC(=O)c2cc(OC=O)ccc2OC(=O)CCCO[N+](=O)[O-])cc1. The van der Waals surface area contributed by atoms with E-state index in [1.807, 2.05) is 0 Å². The molecular weight excluding hydrogens is 432 g/mol. The van der Waals surface area contributed by atoms with Crippen LogP contribution in [0.5, 0.6) is 17.2 Å². The highest BCUT2D eigenvalue weighted by Crippen LogP contribution is 2.26. The maximum absolute atomic E-state index is 12.6. The predicted octanol–water partition coefficient (Wildman–Crippen LogP) is 1.97. The largest absolute Gasteiger partial charge is 0.429 e. The van der Waals surface area contributed by atoms with Crippen molar-refractivity contribution >= 4 is 35.6 Å². The number of nitrogens with zero attached hydrogens (tertiary/aromatic N) is 1. The third kappa shape index (κ3) is 7.36. The molecule has 0 saturated heterocycles. The summed E-state index contributed by atoms with van der Waals surface area (Å²) in [6, 6.07) is 9.78. The standard InChI is InChI=1S/C19H16N2O9S/c20-18(31)12-3-5-13(6-4-12)29-19(24)15-10-14(27-11-22)7-8-16(15)30-17(23)2-1-9-28-21(25)26/h3-8,10-11H,1-2,9H2,(H2,20,31). The Morgan fingerprint density at radius 1 is 1.10 bits per heavy atom. The molecule has 0 fully saturated rings. The Morgan fingerprint density at radius 3 is 2.39 bits per heavy atom. The number of carbonyl (C=O) groups excluding carboxylic acids is 3. The lowest BCUT2D eigenvalue weighted by Gasteiger charge is -2.11. The number of rotatable bonds is 11. The molecule has 0 bridgehead atoms. The number of esters is 2. The number of ether oxygens (including phenoxy) is 3. The van der Waals surface area contributed by atoms with Gasteiger partial charge >= 0.3 is 11.9 Å². The van der Waals surface area contributed by atoms with E-state index in [2.05, 4.69) is 4.84 Å². The first-order valence-corrected chi connectivity index (χ1v) is 9.05. The van der Waals surface area contributed by atoms with Crippen molar-refractivity contribution in [2.75, 3.05) is 6.61 Å².